The molecule has 2 saturated heterocycles. The molecular weight excluding hydrogens is 461 g/mol. The van der Waals surface area contributed by atoms with E-state index in [0.717, 1.165) is 70.6 Å². The van der Waals surface area contributed by atoms with Crippen molar-refractivity contribution in [2.75, 3.05) is 44.8 Å². The van der Waals surface area contributed by atoms with Crippen LogP contribution in [0.5, 0.6) is 5.75 Å². The van der Waals surface area contributed by atoms with Gasteiger partial charge in [0.25, 0.3) is 5.56 Å². The third-order valence-electron chi connectivity index (χ3n) is 7.25. The number of nitrogens with one attached hydrogen (secondary N) is 2. The quantitative estimate of drug-likeness (QED) is 0.464. The van der Waals surface area contributed by atoms with Crippen molar-refractivity contribution in [3.05, 3.63) is 58.4 Å². The summed E-state index contributed by atoms with van der Waals surface area (Å²) in [5.74, 6) is 1.19. The van der Waals surface area contributed by atoms with Gasteiger partial charge in [0.15, 0.2) is 0 Å². The van der Waals surface area contributed by atoms with E-state index < -0.39 is 11.4 Å². The molecule has 5 rings (SSSR count). The summed E-state index contributed by atoms with van der Waals surface area (Å²) in [5, 5.41) is 3.22. The van der Waals surface area contributed by atoms with Gasteiger partial charge >= 0.3 is 0 Å². The summed E-state index contributed by atoms with van der Waals surface area (Å²) in [6.07, 6.45) is 6.90. The van der Waals surface area contributed by atoms with Crippen LogP contribution in [0.25, 0.3) is 10.9 Å². The Morgan fingerprint density at radius 1 is 1.14 bits per heavy atom. The maximum Gasteiger partial charge on any atom is 0.263 e. The first-order valence-corrected chi connectivity index (χ1v) is 12.9. The number of fused-ring (bicyclic) bond motifs is 1. The number of hydrogen-bond donors (Lipinski definition) is 2. The van der Waals surface area contributed by atoms with E-state index in [4.69, 9.17) is 9.47 Å². The second-order valence-electron chi connectivity index (χ2n) is 9.83. The van der Waals surface area contributed by atoms with Crippen LogP contribution in [0.15, 0.2) is 41.3 Å². The minimum absolute atomic E-state index is 0.0415. The zero-order valence-electron chi connectivity index (χ0n) is 20.5. The van der Waals surface area contributed by atoms with E-state index in [1.807, 2.05) is 18.3 Å². The van der Waals surface area contributed by atoms with Crippen LogP contribution in [0.2, 0.25) is 0 Å². The molecule has 8 nitrogen and oxygen atoms in total. The molecule has 3 aromatic rings. The van der Waals surface area contributed by atoms with E-state index in [-0.39, 0.29) is 5.39 Å². The summed E-state index contributed by atoms with van der Waals surface area (Å²) in [7, 11) is 0. The zero-order valence-corrected chi connectivity index (χ0v) is 20.5. The molecule has 2 aliphatic heterocycles. The molecule has 2 fully saturated rings. The predicted molar refractivity (Wildman–Crippen MR) is 137 cm³/mol. The second kappa shape index (κ2) is 11.8. The van der Waals surface area contributed by atoms with Crippen LogP contribution in [0, 0.1) is 17.7 Å². The van der Waals surface area contributed by atoms with Gasteiger partial charge in [0.1, 0.15) is 17.0 Å². The maximum absolute atomic E-state index is 14.7. The lowest BCUT2D eigenvalue weighted by Gasteiger charge is -2.31. The number of ether oxygens (including phenoxy) is 2. The first-order valence-electron chi connectivity index (χ1n) is 12.9. The van der Waals surface area contributed by atoms with Crippen LogP contribution in [0.3, 0.4) is 0 Å². The summed E-state index contributed by atoms with van der Waals surface area (Å²) in [5.41, 5.74) is 0.901. The number of piperidine rings is 1. The smallest absolute Gasteiger partial charge is 0.263 e. The topological polar surface area (TPSA) is 92.4 Å². The van der Waals surface area contributed by atoms with Crippen molar-refractivity contribution >= 4 is 16.9 Å². The number of benzene rings is 1. The number of aromatic nitrogens is 3. The highest BCUT2D eigenvalue weighted by Gasteiger charge is 2.20. The van der Waals surface area contributed by atoms with Crippen LogP contribution >= 0.6 is 0 Å². The van der Waals surface area contributed by atoms with E-state index in [0.29, 0.717) is 42.2 Å². The number of anilines is 1. The minimum atomic E-state index is -0.617. The molecule has 0 atom stereocenters. The highest BCUT2D eigenvalue weighted by molar-refractivity contribution is 5.80. The lowest BCUT2D eigenvalue weighted by atomic mass is 9.97. The van der Waals surface area contributed by atoms with Gasteiger partial charge in [0.2, 0.25) is 5.95 Å². The molecule has 0 spiro atoms. The molecule has 0 amide bonds. The van der Waals surface area contributed by atoms with Gasteiger partial charge in [-0.15, -0.1) is 0 Å². The third-order valence-corrected chi connectivity index (χ3v) is 7.25. The fourth-order valence-corrected chi connectivity index (χ4v) is 5.06. The Morgan fingerprint density at radius 2 is 1.97 bits per heavy atom. The summed E-state index contributed by atoms with van der Waals surface area (Å²) in [6.45, 7) is 5.67. The van der Waals surface area contributed by atoms with Crippen LogP contribution in [0.4, 0.5) is 10.3 Å². The summed E-state index contributed by atoms with van der Waals surface area (Å²) < 4.78 is 25.9. The Kier molecular flexibility index (Phi) is 8.08. The molecule has 192 valence electrons. The summed E-state index contributed by atoms with van der Waals surface area (Å²) >= 11 is 0. The number of nitrogens with zero attached hydrogens (tertiary/aromatic N) is 3. The van der Waals surface area contributed by atoms with E-state index in [9.17, 15) is 9.18 Å². The van der Waals surface area contributed by atoms with Crippen molar-refractivity contribution in [3.63, 3.8) is 0 Å². The Bertz CT molecular complexity index is 1190. The third kappa shape index (κ3) is 6.39. The molecule has 0 unspecified atom stereocenters. The van der Waals surface area contributed by atoms with Crippen molar-refractivity contribution in [1.82, 2.24) is 19.9 Å². The Balaban J connectivity index is 1.16. The van der Waals surface area contributed by atoms with Crippen molar-refractivity contribution in [3.8, 4) is 5.75 Å². The van der Waals surface area contributed by atoms with Crippen LogP contribution < -0.4 is 15.6 Å². The van der Waals surface area contributed by atoms with Crippen LogP contribution in [0.1, 0.15) is 37.8 Å². The zero-order chi connectivity index (χ0) is 24.7. The van der Waals surface area contributed by atoms with E-state index >= 15 is 0 Å². The van der Waals surface area contributed by atoms with Gasteiger partial charge in [-0.3, -0.25) is 19.7 Å². The molecule has 0 aliphatic carbocycles. The molecular formula is C27H34FN5O3. The fourth-order valence-electron chi connectivity index (χ4n) is 5.06. The standard InChI is InChI=1S/C27H34FN5O3/c28-23-15-22(36-14-8-19-6-12-35-13-7-19)16-24-25(23)26(34)32-27(31-24)30-17-20-4-10-33(11-5-20)18-21-3-1-2-9-29-21/h1-3,9,15-16,19-20H,4-8,10-14,17-18H2,(H2,30,31,32,34). The van der Waals surface area contributed by atoms with Crippen molar-refractivity contribution in [2.45, 2.75) is 38.6 Å². The lowest BCUT2D eigenvalue weighted by molar-refractivity contribution is 0.0593. The largest absolute Gasteiger partial charge is 0.493 e. The Morgan fingerprint density at radius 3 is 2.75 bits per heavy atom. The lowest BCUT2D eigenvalue weighted by Crippen LogP contribution is -2.35. The number of likely N-dealkylation sites (tertiary alicyclic amines) is 1. The highest BCUT2D eigenvalue weighted by atomic mass is 19.1. The number of hydrogen-bond acceptors (Lipinski definition) is 7. The van der Waals surface area contributed by atoms with Gasteiger partial charge in [0.05, 0.1) is 17.8 Å². The summed E-state index contributed by atoms with van der Waals surface area (Å²) in [6, 6.07) is 8.93. The predicted octanol–water partition coefficient (Wildman–Crippen LogP) is 3.98. The van der Waals surface area contributed by atoms with E-state index in [2.05, 4.69) is 31.2 Å². The number of halogens is 1. The minimum Gasteiger partial charge on any atom is -0.493 e. The van der Waals surface area contributed by atoms with Gasteiger partial charge in [-0.05, 0) is 69.2 Å². The van der Waals surface area contributed by atoms with Crippen LogP contribution in [-0.2, 0) is 11.3 Å². The molecule has 36 heavy (non-hydrogen) atoms. The average molecular weight is 496 g/mol. The number of rotatable bonds is 9. The van der Waals surface area contributed by atoms with Gasteiger partial charge in [-0.1, -0.05) is 6.07 Å². The average Bonchev–Trinajstić information content (AvgIpc) is 2.89. The van der Waals surface area contributed by atoms with Gasteiger partial charge in [-0.25, -0.2) is 9.37 Å². The Labute approximate surface area is 210 Å². The van der Waals surface area contributed by atoms with Crippen LogP contribution in [-0.4, -0.2) is 59.3 Å². The first kappa shape index (κ1) is 24.6. The SMILES string of the molecule is O=c1[nH]c(NCC2CCN(Cc3ccccn3)CC2)nc2cc(OCCC3CCOCC3)cc(F)c12. The van der Waals surface area contributed by atoms with Crippen molar-refractivity contribution < 1.29 is 13.9 Å². The molecule has 0 saturated carbocycles. The molecule has 9 heteroatoms. The summed E-state index contributed by atoms with van der Waals surface area (Å²) in [4.78, 5) is 26.6. The van der Waals surface area contributed by atoms with Gasteiger partial charge in [0, 0.05) is 44.6 Å². The highest BCUT2D eigenvalue weighted by Crippen LogP contribution is 2.24. The molecule has 1 aromatic carbocycles. The second-order valence-corrected chi connectivity index (χ2v) is 9.83. The molecule has 0 bridgehead atoms. The Hall–Kier alpha value is -3.04. The maximum atomic E-state index is 14.7. The van der Waals surface area contributed by atoms with Crippen molar-refractivity contribution in [2.24, 2.45) is 11.8 Å². The molecule has 2 N–H and O–H groups in total. The normalized spacial score (nSPS) is 17.9. The first-order chi connectivity index (χ1) is 17.6. The van der Waals surface area contributed by atoms with E-state index in [1.165, 1.54) is 6.07 Å². The number of pyridine rings is 1. The van der Waals surface area contributed by atoms with Gasteiger partial charge < -0.3 is 14.8 Å². The monoisotopic (exact) mass is 495 g/mol. The molecule has 0 radical (unpaired) electrons. The molecule has 2 aliphatic rings. The van der Waals surface area contributed by atoms with E-state index in [1.54, 1.807) is 6.07 Å². The number of H-pyrrole nitrogens is 1. The number of aromatic amines is 1. The molecule has 4 heterocycles. The fraction of sp³-hybridized carbons (Fsp3) is 0.519. The molecule has 2 aromatic heterocycles. The van der Waals surface area contributed by atoms with Crippen molar-refractivity contribution in [1.29, 1.82) is 0 Å². The van der Waals surface area contributed by atoms with Gasteiger partial charge in [-0.2, -0.15) is 0 Å².